The normalized spacial score (nSPS) is 10.6. The van der Waals surface area contributed by atoms with Gasteiger partial charge in [0.1, 0.15) is 26.9 Å². The van der Waals surface area contributed by atoms with Crippen molar-refractivity contribution in [2.24, 2.45) is 0 Å². The van der Waals surface area contributed by atoms with Gasteiger partial charge in [0.15, 0.2) is 17.3 Å². The second-order valence-electron chi connectivity index (χ2n) is 6.29. The number of benzene rings is 2. The van der Waals surface area contributed by atoms with Crippen molar-refractivity contribution in [2.45, 2.75) is 13.8 Å². The number of halogens is 1. The van der Waals surface area contributed by atoms with Crippen LogP contribution in [0.15, 0.2) is 37.9 Å². The van der Waals surface area contributed by atoms with E-state index in [9.17, 15) is 19.5 Å². The highest BCUT2D eigenvalue weighted by Crippen LogP contribution is 2.42. The minimum atomic E-state index is -0.672. The van der Waals surface area contributed by atoms with Crippen molar-refractivity contribution in [3.63, 3.8) is 0 Å². The summed E-state index contributed by atoms with van der Waals surface area (Å²) in [6.45, 7) is 2.37. The number of aromatic hydroxyl groups is 1. The van der Waals surface area contributed by atoms with Gasteiger partial charge in [-0.3, -0.25) is 14.4 Å². The summed E-state index contributed by atoms with van der Waals surface area (Å²) in [5.41, 5.74) is -0.179. The molecule has 3 aromatic rings. The molecule has 0 bridgehead atoms. The summed E-state index contributed by atoms with van der Waals surface area (Å²) in [6.07, 6.45) is 0. The number of carbonyl (C=O) groups excluding carboxylic acids is 2. The van der Waals surface area contributed by atoms with E-state index in [0.717, 1.165) is 0 Å². The number of fused-ring (bicyclic) bond motifs is 1. The zero-order chi connectivity index (χ0) is 22.9. The second-order valence-corrected chi connectivity index (χ2v) is 7.08. The highest BCUT2D eigenvalue weighted by atomic mass is 79.9. The maximum Gasteiger partial charge on any atom is 0.308 e. The number of hydrogen-bond acceptors (Lipinski definition) is 9. The van der Waals surface area contributed by atoms with Gasteiger partial charge in [-0.2, -0.15) is 0 Å². The fraction of sp³-hybridized carbons (Fsp3) is 0.190. The Morgan fingerprint density at radius 1 is 0.935 bits per heavy atom. The third-order valence-corrected chi connectivity index (χ3v) is 4.85. The quantitative estimate of drug-likeness (QED) is 0.418. The summed E-state index contributed by atoms with van der Waals surface area (Å²) >= 11 is 3.23. The molecule has 0 unspecified atom stereocenters. The first kappa shape index (κ1) is 22.2. The molecule has 0 spiro atoms. The molecule has 0 aliphatic rings. The molecule has 0 amide bonds. The third kappa shape index (κ3) is 4.33. The first-order valence-electron chi connectivity index (χ1n) is 8.78. The Balaban J connectivity index is 2.35. The molecule has 0 radical (unpaired) electrons. The van der Waals surface area contributed by atoms with Gasteiger partial charge in [0.05, 0.1) is 14.2 Å². The summed E-state index contributed by atoms with van der Waals surface area (Å²) in [6, 6.07) is 5.49. The molecular weight excluding hydrogens is 476 g/mol. The van der Waals surface area contributed by atoms with Crippen LogP contribution >= 0.6 is 15.9 Å². The first-order chi connectivity index (χ1) is 14.7. The van der Waals surface area contributed by atoms with Crippen LogP contribution < -0.4 is 24.4 Å². The van der Waals surface area contributed by atoms with Crippen molar-refractivity contribution in [3.05, 3.63) is 39.0 Å². The van der Waals surface area contributed by atoms with Gasteiger partial charge in [-0.25, -0.2) is 0 Å². The summed E-state index contributed by atoms with van der Waals surface area (Å²) < 4.78 is 26.5. The Morgan fingerprint density at radius 2 is 1.52 bits per heavy atom. The highest BCUT2D eigenvalue weighted by Gasteiger charge is 2.22. The van der Waals surface area contributed by atoms with Crippen molar-refractivity contribution >= 4 is 38.8 Å². The monoisotopic (exact) mass is 492 g/mol. The smallest absolute Gasteiger partial charge is 0.308 e. The van der Waals surface area contributed by atoms with E-state index in [1.54, 1.807) is 0 Å². The Bertz CT molecular complexity index is 1230. The van der Waals surface area contributed by atoms with Crippen molar-refractivity contribution < 1.29 is 38.1 Å². The topological polar surface area (TPSA) is 122 Å². The van der Waals surface area contributed by atoms with E-state index in [1.807, 2.05) is 0 Å². The third-order valence-electron chi connectivity index (χ3n) is 4.13. The molecule has 3 rings (SSSR count). The molecule has 1 aromatic heterocycles. The fourth-order valence-electron chi connectivity index (χ4n) is 2.91. The molecule has 0 saturated carbocycles. The van der Waals surface area contributed by atoms with Gasteiger partial charge in [-0.05, 0) is 28.1 Å². The van der Waals surface area contributed by atoms with Crippen LogP contribution in [0, 0.1) is 0 Å². The molecule has 0 saturated heterocycles. The molecule has 162 valence electrons. The predicted molar refractivity (Wildman–Crippen MR) is 113 cm³/mol. The average Bonchev–Trinajstić information content (AvgIpc) is 2.69. The Hall–Kier alpha value is -3.53. The lowest BCUT2D eigenvalue weighted by Crippen LogP contribution is -2.10. The van der Waals surface area contributed by atoms with Crippen LogP contribution in [0.3, 0.4) is 0 Å². The molecule has 10 heteroatoms. The molecule has 1 heterocycles. The van der Waals surface area contributed by atoms with Crippen molar-refractivity contribution in [3.8, 4) is 40.1 Å². The summed E-state index contributed by atoms with van der Waals surface area (Å²) in [7, 11) is 2.72. The molecule has 1 N–H and O–H groups in total. The van der Waals surface area contributed by atoms with Crippen LogP contribution in [0.1, 0.15) is 13.8 Å². The molecular formula is C21H17BrO9. The summed E-state index contributed by atoms with van der Waals surface area (Å²) in [5, 5.41) is 10.1. The van der Waals surface area contributed by atoms with Crippen LogP contribution in [-0.4, -0.2) is 31.3 Å². The minimum absolute atomic E-state index is 0.00390. The van der Waals surface area contributed by atoms with Gasteiger partial charge in [-0.15, -0.1) is 0 Å². The zero-order valence-electron chi connectivity index (χ0n) is 16.9. The zero-order valence-corrected chi connectivity index (χ0v) is 18.5. The van der Waals surface area contributed by atoms with E-state index in [0.29, 0.717) is 5.56 Å². The number of methoxy groups -OCH3 is 2. The second kappa shape index (κ2) is 8.68. The SMILES string of the molecule is COc1cc(-c2oc3cc(OC(C)=O)cc(OC(C)=O)c3c(=O)c2Br)cc(OC)c1O. The van der Waals surface area contributed by atoms with Crippen LogP contribution in [-0.2, 0) is 9.59 Å². The maximum absolute atomic E-state index is 13.1. The summed E-state index contributed by atoms with van der Waals surface area (Å²) in [4.78, 5) is 36.0. The van der Waals surface area contributed by atoms with Gasteiger partial charge >= 0.3 is 11.9 Å². The first-order valence-corrected chi connectivity index (χ1v) is 9.58. The molecule has 0 fully saturated rings. The van der Waals surface area contributed by atoms with Gasteiger partial charge in [0, 0.05) is 31.5 Å². The lowest BCUT2D eigenvalue weighted by Gasteiger charge is -2.13. The van der Waals surface area contributed by atoms with Gasteiger partial charge in [-0.1, -0.05) is 0 Å². The average molecular weight is 493 g/mol. The Morgan fingerprint density at radius 3 is 2.03 bits per heavy atom. The Labute approximate surface area is 184 Å². The number of rotatable bonds is 5. The van der Waals surface area contributed by atoms with E-state index >= 15 is 0 Å². The molecule has 31 heavy (non-hydrogen) atoms. The van der Waals surface area contributed by atoms with E-state index in [1.165, 1.54) is 52.3 Å². The summed E-state index contributed by atoms with van der Waals surface area (Å²) in [5.74, 6) is -1.33. The lowest BCUT2D eigenvalue weighted by molar-refractivity contribution is -0.132. The highest BCUT2D eigenvalue weighted by molar-refractivity contribution is 9.10. The van der Waals surface area contributed by atoms with E-state index in [4.69, 9.17) is 23.4 Å². The molecule has 0 aliphatic heterocycles. The van der Waals surface area contributed by atoms with E-state index in [2.05, 4.69) is 15.9 Å². The van der Waals surface area contributed by atoms with Gasteiger partial charge < -0.3 is 28.5 Å². The van der Waals surface area contributed by atoms with Crippen LogP contribution in [0.4, 0.5) is 0 Å². The number of phenolic OH excluding ortho intramolecular Hbond substituents is 1. The Kier molecular flexibility index (Phi) is 6.21. The van der Waals surface area contributed by atoms with Crippen LogP contribution in [0.5, 0.6) is 28.7 Å². The number of carbonyl (C=O) groups is 2. The lowest BCUT2D eigenvalue weighted by atomic mass is 10.1. The predicted octanol–water partition coefficient (Wildman–Crippen LogP) is 3.80. The number of hydrogen-bond donors (Lipinski definition) is 1. The largest absolute Gasteiger partial charge is 0.502 e. The molecule has 9 nitrogen and oxygen atoms in total. The van der Waals surface area contributed by atoms with Crippen molar-refractivity contribution in [1.29, 1.82) is 0 Å². The molecule has 0 atom stereocenters. The number of phenols is 1. The van der Waals surface area contributed by atoms with Crippen LogP contribution in [0.2, 0.25) is 0 Å². The van der Waals surface area contributed by atoms with Gasteiger partial charge in [0.2, 0.25) is 11.2 Å². The van der Waals surface area contributed by atoms with Gasteiger partial charge in [0.25, 0.3) is 0 Å². The molecule has 0 aliphatic carbocycles. The standard InChI is InChI=1S/C21H17BrO9/c1-9(23)29-12-7-13(30-10(2)24)17-14(8-12)31-21(18(22)20(17)26)11-5-15(27-3)19(25)16(6-11)28-4/h5-8,25H,1-4H3. The number of ether oxygens (including phenoxy) is 4. The van der Waals surface area contributed by atoms with E-state index in [-0.39, 0.29) is 49.9 Å². The maximum atomic E-state index is 13.1. The fourth-order valence-corrected chi connectivity index (χ4v) is 3.42. The molecule has 2 aromatic carbocycles. The number of esters is 2. The van der Waals surface area contributed by atoms with E-state index < -0.39 is 17.4 Å². The minimum Gasteiger partial charge on any atom is -0.502 e. The van der Waals surface area contributed by atoms with Crippen molar-refractivity contribution in [1.82, 2.24) is 0 Å². The van der Waals surface area contributed by atoms with Crippen LogP contribution in [0.25, 0.3) is 22.3 Å². The van der Waals surface area contributed by atoms with Crippen molar-refractivity contribution in [2.75, 3.05) is 14.2 Å².